The highest BCUT2D eigenvalue weighted by atomic mass is 31.2. The Balaban J connectivity index is 0. The zero-order valence-electron chi connectivity index (χ0n) is 10.3. The fourth-order valence-electron chi connectivity index (χ4n) is 1.34. The smallest absolute Gasteiger partial charge is 0.0565 e. The molecule has 0 aliphatic heterocycles. The molecule has 0 unspecified atom stereocenters. The van der Waals surface area contributed by atoms with Crippen LogP contribution in [0.2, 0.25) is 0 Å². The Bertz CT molecular complexity index is 78.0. The molecule has 0 saturated carbocycles. The lowest BCUT2D eigenvalue weighted by atomic mass is 10.5. The van der Waals surface area contributed by atoms with E-state index >= 15 is 0 Å². The second kappa shape index (κ2) is 8.97. The SMILES string of the molecule is CC(C)[O-].CC[P+](CC)(CC)CC. The second-order valence-electron chi connectivity index (χ2n) is 3.66. The van der Waals surface area contributed by atoms with Crippen molar-refractivity contribution in [1.29, 1.82) is 0 Å². The Morgan fingerprint density at radius 3 is 1.00 bits per heavy atom. The summed E-state index contributed by atoms with van der Waals surface area (Å²) in [5.41, 5.74) is 0. The molecular weight excluding hydrogens is 179 g/mol. The average molecular weight is 206 g/mol. The van der Waals surface area contributed by atoms with E-state index in [-0.39, 0.29) is 0 Å². The summed E-state index contributed by atoms with van der Waals surface area (Å²) in [4.78, 5) is 0. The third kappa shape index (κ3) is 8.71. The summed E-state index contributed by atoms with van der Waals surface area (Å²) in [6.45, 7) is 12.6. The Labute approximate surface area is 85.3 Å². The fourth-order valence-corrected chi connectivity index (χ4v) is 4.02. The first-order valence-electron chi connectivity index (χ1n) is 5.48. The molecule has 0 heterocycles. The Morgan fingerprint density at radius 1 is 0.846 bits per heavy atom. The zero-order chi connectivity index (χ0) is 10.9. The molecule has 0 spiro atoms. The van der Waals surface area contributed by atoms with Crippen molar-refractivity contribution in [1.82, 2.24) is 0 Å². The van der Waals surface area contributed by atoms with Gasteiger partial charge in [0.05, 0.1) is 24.6 Å². The topological polar surface area (TPSA) is 23.1 Å². The van der Waals surface area contributed by atoms with E-state index in [0.29, 0.717) is 0 Å². The van der Waals surface area contributed by atoms with Crippen molar-refractivity contribution >= 4 is 7.26 Å². The van der Waals surface area contributed by atoms with Crippen LogP contribution in [0.4, 0.5) is 0 Å². The van der Waals surface area contributed by atoms with Gasteiger partial charge in [0, 0.05) is 7.26 Å². The van der Waals surface area contributed by atoms with Gasteiger partial charge in [-0.1, -0.05) is 13.8 Å². The fraction of sp³-hybridized carbons (Fsp3) is 1.00. The first kappa shape index (κ1) is 15.8. The molecule has 0 fully saturated rings. The van der Waals surface area contributed by atoms with Gasteiger partial charge in [0.1, 0.15) is 0 Å². The van der Waals surface area contributed by atoms with Gasteiger partial charge in [-0.3, -0.25) is 0 Å². The summed E-state index contributed by atoms with van der Waals surface area (Å²) in [6, 6.07) is 0. The zero-order valence-corrected chi connectivity index (χ0v) is 11.2. The summed E-state index contributed by atoms with van der Waals surface area (Å²) in [5, 5.41) is 9.53. The van der Waals surface area contributed by atoms with Gasteiger partial charge in [0.2, 0.25) is 0 Å². The van der Waals surface area contributed by atoms with Crippen molar-refractivity contribution in [2.75, 3.05) is 24.6 Å². The van der Waals surface area contributed by atoms with E-state index in [1.165, 1.54) is 24.6 Å². The van der Waals surface area contributed by atoms with Gasteiger partial charge in [0.15, 0.2) is 0 Å². The lowest BCUT2D eigenvalue weighted by molar-refractivity contribution is -0.407. The van der Waals surface area contributed by atoms with Crippen LogP contribution in [0.25, 0.3) is 0 Å². The van der Waals surface area contributed by atoms with E-state index in [0.717, 1.165) is 0 Å². The molecule has 0 rings (SSSR count). The van der Waals surface area contributed by atoms with Gasteiger partial charge < -0.3 is 5.11 Å². The molecule has 0 aromatic heterocycles. The molecule has 0 aromatic carbocycles. The largest absolute Gasteiger partial charge is 0.852 e. The van der Waals surface area contributed by atoms with Gasteiger partial charge >= 0.3 is 0 Å². The first-order valence-corrected chi connectivity index (χ1v) is 8.01. The molecular formula is C11H27OP. The Morgan fingerprint density at radius 2 is 1.00 bits per heavy atom. The average Bonchev–Trinajstić information content (AvgIpc) is 2.09. The van der Waals surface area contributed by atoms with Crippen LogP contribution in [0.3, 0.4) is 0 Å². The molecule has 0 amide bonds. The minimum Gasteiger partial charge on any atom is -0.852 e. The molecule has 0 aromatic rings. The molecule has 0 atom stereocenters. The third-order valence-corrected chi connectivity index (χ3v) is 8.05. The van der Waals surface area contributed by atoms with Crippen molar-refractivity contribution in [2.45, 2.75) is 47.6 Å². The van der Waals surface area contributed by atoms with Gasteiger partial charge in [-0.05, 0) is 27.7 Å². The van der Waals surface area contributed by atoms with Crippen molar-refractivity contribution < 1.29 is 5.11 Å². The van der Waals surface area contributed by atoms with E-state index in [9.17, 15) is 5.11 Å². The summed E-state index contributed by atoms with van der Waals surface area (Å²) in [6.07, 6.45) is 5.40. The second-order valence-corrected chi connectivity index (χ2v) is 8.87. The van der Waals surface area contributed by atoms with Crippen LogP contribution in [-0.4, -0.2) is 30.8 Å². The summed E-state index contributed by atoms with van der Waals surface area (Å²) in [5.74, 6) is 0. The molecule has 2 heteroatoms. The van der Waals surface area contributed by atoms with Crippen LogP contribution in [0.5, 0.6) is 0 Å². The molecule has 13 heavy (non-hydrogen) atoms. The van der Waals surface area contributed by atoms with Crippen molar-refractivity contribution in [3.05, 3.63) is 0 Å². The molecule has 0 N–H and O–H groups in total. The molecule has 0 aliphatic rings. The molecule has 0 bridgehead atoms. The van der Waals surface area contributed by atoms with Crippen LogP contribution in [0, 0.1) is 0 Å². The monoisotopic (exact) mass is 206 g/mol. The van der Waals surface area contributed by atoms with Crippen LogP contribution >= 0.6 is 7.26 Å². The Hall–Kier alpha value is 0.390. The summed E-state index contributed by atoms with van der Waals surface area (Å²) >= 11 is 0. The van der Waals surface area contributed by atoms with Crippen LogP contribution in [0.15, 0.2) is 0 Å². The lowest BCUT2D eigenvalue weighted by Crippen LogP contribution is -2.14. The summed E-state index contributed by atoms with van der Waals surface area (Å²) in [7, 11) is -0.420. The number of rotatable bonds is 4. The van der Waals surface area contributed by atoms with Crippen LogP contribution in [-0.2, 0) is 0 Å². The maximum Gasteiger partial charge on any atom is 0.0565 e. The van der Waals surface area contributed by atoms with Crippen molar-refractivity contribution in [3.63, 3.8) is 0 Å². The molecule has 82 valence electrons. The molecule has 0 radical (unpaired) electrons. The maximum atomic E-state index is 9.53. The van der Waals surface area contributed by atoms with Gasteiger partial charge in [-0.15, -0.1) is 6.10 Å². The van der Waals surface area contributed by atoms with Crippen LogP contribution < -0.4 is 5.11 Å². The highest BCUT2D eigenvalue weighted by Gasteiger charge is 2.27. The van der Waals surface area contributed by atoms with E-state index < -0.39 is 13.4 Å². The molecule has 1 nitrogen and oxygen atoms in total. The van der Waals surface area contributed by atoms with E-state index in [1.54, 1.807) is 13.8 Å². The van der Waals surface area contributed by atoms with Gasteiger partial charge in [-0.25, -0.2) is 0 Å². The van der Waals surface area contributed by atoms with Crippen LogP contribution in [0.1, 0.15) is 41.5 Å². The van der Waals surface area contributed by atoms with E-state index in [1.807, 2.05) is 0 Å². The third-order valence-electron chi connectivity index (χ3n) is 2.68. The van der Waals surface area contributed by atoms with E-state index in [4.69, 9.17) is 0 Å². The number of hydrogen-bond acceptors (Lipinski definition) is 1. The van der Waals surface area contributed by atoms with Gasteiger partial charge in [-0.2, -0.15) is 0 Å². The highest BCUT2D eigenvalue weighted by molar-refractivity contribution is 7.75. The quantitative estimate of drug-likeness (QED) is 0.649. The minimum atomic E-state index is -0.420. The van der Waals surface area contributed by atoms with Crippen molar-refractivity contribution in [3.8, 4) is 0 Å². The predicted octanol–water partition coefficient (Wildman–Crippen LogP) is 2.84. The summed E-state index contributed by atoms with van der Waals surface area (Å²) < 4.78 is 0. The molecule has 0 aliphatic carbocycles. The van der Waals surface area contributed by atoms with E-state index in [2.05, 4.69) is 27.7 Å². The minimum absolute atomic E-state index is 0.417. The highest BCUT2D eigenvalue weighted by Crippen LogP contribution is 2.57. The van der Waals surface area contributed by atoms with Gasteiger partial charge in [0.25, 0.3) is 0 Å². The standard InChI is InChI=1S/C8H20P.C3H7O/c1-5-9(6-2,7-3)8-4;1-3(2)4/h5-8H2,1-4H3;3H,1-2H3/q+1;-1. The Kier molecular flexibility index (Phi) is 10.9. The number of hydrogen-bond donors (Lipinski definition) is 0. The maximum absolute atomic E-state index is 9.53. The molecule has 0 saturated heterocycles. The van der Waals surface area contributed by atoms with Crippen molar-refractivity contribution in [2.24, 2.45) is 0 Å². The lowest BCUT2D eigenvalue weighted by Gasteiger charge is -2.20. The first-order chi connectivity index (χ1) is 5.97. The predicted molar refractivity (Wildman–Crippen MR) is 64.2 cm³/mol. The normalized spacial score (nSPS) is 11.1.